The van der Waals surface area contributed by atoms with E-state index in [1.54, 1.807) is 24.3 Å². The van der Waals surface area contributed by atoms with Gasteiger partial charge in [-0.05, 0) is 40.2 Å². The minimum atomic E-state index is -3.14. The van der Waals surface area contributed by atoms with Crippen LogP contribution < -0.4 is 0 Å². The maximum atomic E-state index is 11.3. The first-order valence-corrected chi connectivity index (χ1v) is 7.58. The lowest BCUT2D eigenvalue weighted by Crippen LogP contribution is -1.96. The van der Waals surface area contributed by atoms with Gasteiger partial charge in [0, 0.05) is 11.8 Å². The molecule has 0 atom stereocenters. The van der Waals surface area contributed by atoms with Crippen molar-refractivity contribution in [3.63, 3.8) is 0 Å². The minimum absolute atomic E-state index is 0.316. The average Bonchev–Trinajstić information content (AvgIpc) is 2.28. The van der Waals surface area contributed by atoms with Crippen LogP contribution in [0.1, 0.15) is 0 Å². The van der Waals surface area contributed by atoms with Crippen LogP contribution in [0.5, 0.6) is 0 Å². The molecule has 0 aliphatic rings. The molecule has 2 aromatic rings. The van der Waals surface area contributed by atoms with Gasteiger partial charge in [0.2, 0.25) is 0 Å². The van der Waals surface area contributed by atoms with Crippen LogP contribution in [-0.2, 0) is 9.84 Å². The number of nitrogens with zero attached hydrogens (tertiary/aromatic N) is 1. The fourth-order valence-corrected chi connectivity index (χ4v) is 2.42. The van der Waals surface area contributed by atoms with E-state index in [4.69, 9.17) is 0 Å². The van der Waals surface area contributed by atoms with Gasteiger partial charge in [0.25, 0.3) is 0 Å². The van der Waals surface area contributed by atoms with Crippen molar-refractivity contribution in [3.05, 3.63) is 47.1 Å². The molecule has 0 saturated heterocycles. The van der Waals surface area contributed by atoms with E-state index in [-0.39, 0.29) is 0 Å². The molecule has 0 fully saturated rings. The Hall–Kier alpha value is -1.20. The molecule has 5 heteroatoms. The largest absolute Gasteiger partial charge is 0.241 e. The van der Waals surface area contributed by atoms with Gasteiger partial charge in [0.15, 0.2) is 9.84 Å². The molecule has 0 radical (unpaired) electrons. The third-order valence-corrected chi connectivity index (χ3v) is 3.86. The molecule has 0 amide bonds. The Morgan fingerprint density at radius 3 is 2.24 bits per heavy atom. The number of rotatable bonds is 2. The fourth-order valence-electron chi connectivity index (χ4n) is 1.44. The molecule has 2 rings (SSSR count). The summed E-state index contributed by atoms with van der Waals surface area (Å²) in [6.07, 6.45) is 1.19. The molecule has 1 heterocycles. The monoisotopic (exact) mass is 311 g/mol. The summed E-state index contributed by atoms with van der Waals surface area (Å²) >= 11 is 3.30. The summed E-state index contributed by atoms with van der Waals surface area (Å²) in [6, 6.07) is 12.3. The minimum Gasteiger partial charge on any atom is -0.241 e. The highest BCUT2D eigenvalue weighted by atomic mass is 79.9. The van der Waals surface area contributed by atoms with Crippen molar-refractivity contribution >= 4 is 25.8 Å². The maximum Gasteiger partial charge on any atom is 0.175 e. The second-order valence-electron chi connectivity index (χ2n) is 3.64. The lowest BCUT2D eigenvalue weighted by Gasteiger charge is -2.03. The molecule has 0 aliphatic heterocycles. The summed E-state index contributed by atoms with van der Waals surface area (Å²) < 4.78 is 23.4. The first kappa shape index (κ1) is 12.3. The third-order valence-electron chi connectivity index (χ3n) is 2.29. The quantitative estimate of drug-likeness (QED) is 0.801. The van der Waals surface area contributed by atoms with Crippen molar-refractivity contribution < 1.29 is 8.42 Å². The second-order valence-corrected chi connectivity index (χ2v) is 6.47. The number of hydrogen-bond acceptors (Lipinski definition) is 3. The van der Waals surface area contributed by atoms with E-state index in [2.05, 4.69) is 20.9 Å². The molecular weight excluding hydrogens is 302 g/mol. The number of halogens is 1. The van der Waals surface area contributed by atoms with E-state index in [0.717, 1.165) is 15.9 Å². The molecular formula is C12H10BrNO2S. The Labute approximate surface area is 109 Å². The lowest BCUT2D eigenvalue weighted by molar-refractivity contribution is 0.602. The number of hydrogen-bond donors (Lipinski definition) is 0. The van der Waals surface area contributed by atoms with Crippen LogP contribution in [0, 0.1) is 0 Å². The zero-order valence-electron chi connectivity index (χ0n) is 9.09. The molecule has 0 bridgehead atoms. The summed E-state index contributed by atoms with van der Waals surface area (Å²) in [7, 11) is -3.14. The normalized spacial score (nSPS) is 11.4. The number of benzene rings is 1. The van der Waals surface area contributed by atoms with Gasteiger partial charge in [-0.1, -0.05) is 18.2 Å². The van der Waals surface area contributed by atoms with Gasteiger partial charge < -0.3 is 0 Å². The van der Waals surface area contributed by atoms with Crippen LogP contribution in [0.2, 0.25) is 0 Å². The Morgan fingerprint density at radius 1 is 1.06 bits per heavy atom. The van der Waals surface area contributed by atoms with Gasteiger partial charge in [-0.3, -0.25) is 0 Å². The molecule has 0 N–H and O–H groups in total. The van der Waals surface area contributed by atoms with Gasteiger partial charge in [-0.15, -0.1) is 0 Å². The average molecular weight is 312 g/mol. The second kappa shape index (κ2) is 4.58. The van der Waals surface area contributed by atoms with Crippen LogP contribution in [0.15, 0.2) is 52.0 Å². The van der Waals surface area contributed by atoms with Gasteiger partial charge in [0.05, 0.1) is 10.6 Å². The van der Waals surface area contributed by atoms with Crippen molar-refractivity contribution in [2.45, 2.75) is 4.90 Å². The van der Waals surface area contributed by atoms with Crippen molar-refractivity contribution in [3.8, 4) is 11.3 Å². The lowest BCUT2D eigenvalue weighted by atomic mass is 10.1. The van der Waals surface area contributed by atoms with Crippen molar-refractivity contribution in [2.24, 2.45) is 0 Å². The van der Waals surface area contributed by atoms with E-state index in [1.807, 2.05) is 18.2 Å². The van der Waals surface area contributed by atoms with E-state index in [1.165, 1.54) is 6.26 Å². The highest BCUT2D eigenvalue weighted by Crippen LogP contribution is 2.21. The predicted molar refractivity (Wildman–Crippen MR) is 70.5 cm³/mol. The van der Waals surface area contributed by atoms with E-state index in [0.29, 0.717) is 4.90 Å². The van der Waals surface area contributed by atoms with Crippen LogP contribution in [0.3, 0.4) is 0 Å². The number of aromatic nitrogens is 1. The summed E-state index contributed by atoms with van der Waals surface area (Å²) in [6.45, 7) is 0. The zero-order valence-corrected chi connectivity index (χ0v) is 11.5. The summed E-state index contributed by atoms with van der Waals surface area (Å²) in [5, 5.41) is 0. The van der Waals surface area contributed by atoms with Crippen molar-refractivity contribution in [1.82, 2.24) is 4.98 Å². The van der Waals surface area contributed by atoms with Crippen molar-refractivity contribution in [1.29, 1.82) is 0 Å². The molecule has 3 nitrogen and oxygen atoms in total. The predicted octanol–water partition coefficient (Wildman–Crippen LogP) is 2.91. The van der Waals surface area contributed by atoms with E-state index in [9.17, 15) is 8.42 Å². The summed E-state index contributed by atoms with van der Waals surface area (Å²) in [5.74, 6) is 0. The molecule has 0 saturated carbocycles. The molecule has 0 spiro atoms. The Kier molecular flexibility index (Phi) is 3.31. The summed E-state index contributed by atoms with van der Waals surface area (Å²) in [4.78, 5) is 4.62. The Balaban J connectivity index is 2.43. The molecule has 0 unspecified atom stereocenters. The fraction of sp³-hybridized carbons (Fsp3) is 0.0833. The topological polar surface area (TPSA) is 47.0 Å². The van der Waals surface area contributed by atoms with Gasteiger partial charge >= 0.3 is 0 Å². The number of sulfone groups is 1. The third kappa shape index (κ3) is 2.92. The van der Waals surface area contributed by atoms with Gasteiger partial charge in [-0.25, -0.2) is 13.4 Å². The molecule has 1 aromatic carbocycles. The molecule has 1 aromatic heterocycles. The maximum absolute atomic E-state index is 11.3. The van der Waals surface area contributed by atoms with Crippen LogP contribution in [-0.4, -0.2) is 19.7 Å². The Morgan fingerprint density at radius 2 is 1.71 bits per heavy atom. The zero-order chi connectivity index (χ0) is 12.5. The first-order chi connectivity index (χ1) is 7.97. The van der Waals surface area contributed by atoms with Gasteiger partial charge in [0.1, 0.15) is 4.60 Å². The van der Waals surface area contributed by atoms with Crippen LogP contribution in [0.25, 0.3) is 11.3 Å². The highest BCUT2D eigenvalue weighted by Gasteiger charge is 2.07. The molecule has 0 aliphatic carbocycles. The number of pyridine rings is 1. The summed E-state index contributed by atoms with van der Waals surface area (Å²) in [5.41, 5.74) is 1.69. The van der Waals surface area contributed by atoms with E-state index >= 15 is 0 Å². The van der Waals surface area contributed by atoms with Crippen LogP contribution >= 0.6 is 15.9 Å². The highest BCUT2D eigenvalue weighted by molar-refractivity contribution is 9.10. The van der Waals surface area contributed by atoms with Crippen LogP contribution in [0.4, 0.5) is 0 Å². The molecule has 88 valence electrons. The molecule has 17 heavy (non-hydrogen) atoms. The van der Waals surface area contributed by atoms with Crippen molar-refractivity contribution in [2.75, 3.05) is 6.26 Å². The van der Waals surface area contributed by atoms with E-state index < -0.39 is 9.84 Å². The first-order valence-electron chi connectivity index (χ1n) is 4.90. The van der Waals surface area contributed by atoms with Gasteiger partial charge in [-0.2, -0.15) is 0 Å². The Bertz CT molecular complexity index is 636. The SMILES string of the molecule is CS(=O)(=O)c1ccc(-c2cccc(Br)n2)cc1. The standard InChI is InChI=1S/C12H10BrNO2S/c1-17(15,16)10-7-5-9(6-8-10)11-3-2-4-12(13)14-11/h2-8H,1H3. The smallest absolute Gasteiger partial charge is 0.175 e.